The minimum atomic E-state index is -0.253. The topological polar surface area (TPSA) is 69.0 Å². The van der Waals surface area contributed by atoms with Crippen LogP contribution >= 0.6 is 22.9 Å². The molecule has 0 aliphatic rings. The van der Waals surface area contributed by atoms with Crippen LogP contribution in [0.2, 0.25) is 5.02 Å². The van der Waals surface area contributed by atoms with Crippen LogP contribution < -0.4 is 10.1 Å². The molecular weight excluding hydrogens is 420 g/mol. The molecule has 0 spiro atoms. The van der Waals surface area contributed by atoms with Crippen molar-refractivity contribution in [1.82, 2.24) is 14.8 Å². The first kappa shape index (κ1) is 20.1. The van der Waals surface area contributed by atoms with Crippen molar-refractivity contribution in [3.8, 4) is 5.75 Å². The molecule has 0 bridgehead atoms. The third-order valence-corrected chi connectivity index (χ3v) is 5.59. The summed E-state index contributed by atoms with van der Waals surface area (Å²) in [6, 6.07) is 17.3. The van der Waals surface area contributed by atoms with Crippen LogP contribution in [-0.2, 0) is 13.2 Å². The minimum absolute atomic E-state index is 0.253. The molecule has 30 heavy (non-hydrogen) atoms. The lowest BCUT2D eigenvalue weighted by Crippen LogP contribution is -2.12. The van der Waals surface area contributed by atoms with Gasteiger partial charge in [0, 0.05) is 5.56 Å². The van der Waals surface area contributed by atoms with Crippen molar-refractivity contribution < 1.29 is 9.53 Å². The zero-order valence-corrected chi connectivity index (χ0v) is 17.8. The highest BCUT2D eigenvalue weighted by Gasteiger charge is 2.13. The zero-order valence-electron chi connectivity index (χ0n) is 16.2. The predicted molar refractivity (Wildman–Crippen MR) is 118 cm³/mol. The third kappa shape index (κ3) is 5.06. The Labute approximate surface area is 183 Å². The van der Waals surface area contributed by atoms with E-state index in [1.165, 1.54) is 16.9 Å². The summed E-state index contributed by atoms with van der Waals surface area (Å²) in [5.74, 6) is 0.631. The summed E-state index contributed by atoms with van der Waals surface area (Å²) in [6.45, 7) is 2.97. The van der Waals surface area contributed by atoms with Crippen LogP contribution in [0.4, 0.5) is 5.95 Å². The number of hydrogen-bond donors (Lipinski definition) is 1. The van der Waals surface area contributed by atoms with E-state index in [0.29, 0.717) is 28.8 Å². The van der Waals surface area contributed by atoms with Crippen LogP contribution in [0.25, 0.3) is 0 Å². The summed E-state index contributed by atoms with van der Waals surface area (Å²) >= 11 is 7.43. The van der Waals surface area contributed by atoms with E-state index in [1.54, 1.807) is 29.2 Å². The molecule has 8 heteroatoms. The molecule has 0 aliphatic heterocycles. The normalized spacial score (nSPS) is 10.7. The molecule has 0 atom stereocenters. The number of ether oxygens (including phenoxy) is 1. The number of rotatable bonds is 7. The Balaban J connectivity index is 1.34. The molecule has 2 heterocycles. The number of aryl methyl sites for hydroxylation is 1. The second-order valence-corrected chi connectivity index (χ2v) is 8.07. The number of nitrogens with zero attached hydrogens (tertiary/aromatic N) is 3. The van der Waals surface area contributed by atoms with Crippen molar-refractivity contribution in [2.45, 2.75) is 20.1 Å². The van der Waals surface area contributed by atoms with Gasteiger partial charge in [-0.2, -0.15) is 0 Å². The number of nitrogens with one attached hydrogen (secondary N) is 1. The molecule has 1 N–H and O–H groups in total. The third-order valence-electron chi connectivity index (χ3n) is 4.30. The van der Waals surface area contributed by atoms with Crippen molar-refractivity contribution >= 4 is 34.8 Å². The highest BCUT2D eigenvalue weighted by atomic mass is 35.5. The van der Waals surface area contributed by atoms with Crippen LogP contribution in [0.1, 0.15) is 26.4 Å². The van der Waals surface area contributed by atoms with Gasteiger partial charge in [-0.05, 0) is 36.1 Å². The van der Waals surface area contributed by atoms with Gasteiger partial charge in [-0.15, -0.1) is 16.4 Å². The van der Waals surface area contributed by atoms with Gasteiger partial charge >= 0.3 is 0 Å². The number of para-hydroxylation sites is 1. The fourth-order valence-electron chi connectivity index (χ4n) is 2.88. The van der Waals surface area contributed by atoms with Gasteiger partial charge in [-0.25, -0.2) is 9.67 Å². The lowest BCUT2D eigenvalue weighted by molar-refractivity contribution is 0.102. The number of hydrogen-bond acceptors (Lipinski definition) is 5. The quantitative estimate of drug-likeness (QED) is 0.431. The molecule has 0 saturated carbocycles. The number of carbonyl (C=O) groups is 1. The largest absolute Gasteiger partial charge is 0.487 e. The van der Waals surface area contributed by atoms with Crippen molar-refractivity contribution in [1.29, 1.82) is 0 Å². The van der Waals surface area contributed by atoms with E-state index in [9.17, 15) is 4.79 Å². The van der Waals surface area contributed by atoms with Gasteiger partial charge in [0.2, 0.25) is 5.95 Å². The molecule has 2 aromatic carbocycles. The van der Waals surface area contributed by atoms with E-state index in [-0.39, 0.29) is 11.9 Å². The van der Waals surface area contributed by atoms with E-state index in [2.05, 4.69) is 21.5 Å². The average molecular weight is 439 g/mol. The number of benzene rings is 2. The molecule has 1 amide bonds. The molecular formula is C22H19ClN4O2S. The molecule has 0 aliphatic carbocycles. The van der Waals surface area contributed by atoms with Crippen LogP contribution in [0.3, 0.4) is 0 Å². The first-order valence-corrected chi connectivity index (χ1v) is 10.5. The fraction of sp³-hybridized carbons (Fsp3) is 0.136. The number of carbonyl (C=O) groups excluding carboxylic acids is 1. The highest BCUT2D eigenvalue weighted by molar-refractivity contribution is 7.12. The monoisotopic (exact) mass is 438 g/mol. The van der Waals surface area contributed by atoms with Gasteiger partial charge in [0.05, 0.1) is 16.4 Å². The maximum atomic E-state index is 12.5. The summed E-state index contributed by atoms with van der Waals surface area (Å²) in [4.78, 5) is 17.3. The Morgan fingerprint density at radius 2 is 2.03 bits per heavy atom. The van der Waals surface area contributed by atoms with Gasteiger partial charge in [0.1, 0.15) is 18.7 Å². The second kappa shape index (κ2) is 9.11. The average Bonchev–Trinajstić information content (AvgIpc) is 3.37. The summed E-state index contributed by atoms with van der Waals surface area (Å²) in [5.41, 5.74) is 3.20. The Morgan fingerprint density at radius 3 is 2.87 bits per heavy atom. The van der Waals surface area contributed by atoms with Crippen molar-refractivity contribution in [2.24, 2.45) is 0 Å². The molecule has 4 rings (SSSR count). The molecule has 0 radical (unpaired) electrons. The van der Waals surface area contributed by atoms with E-state index in [4.69, 9.17) is 16.3 Å². The molecule has 152 valence electrons. The van der Waals surface area contributed by atoms with Crippen LogP contribution in [0.15, 0.2) is 66.3 Å². The first-order chi connectivity index (χ1) is 14.6. The summed E-state index contributed by atoms with van der Waals surface area (Å²) in [7, 11) is 0. The zero-order chi connectivity index (χ0) is 20.9. The Bertz CT molecular complexity index is 1170. The van der Waals surface area contributed by atoms with E-state index >= 15 is 0 Å². The molecule has 0 unspecified atom stereocenters. The Morgan fingerprint density at radius 1 is 1.17 bits per heavy atom. The van der Waals surface area contributed by atoms with Crippen molar-refractivity contribution in [2.75, 3.05) is 5.32 Å². The van der Waals surface area contributed by atoms with Crippen molar-refractivity contribution in [3.05, 3.63) is 92.9 Å². The lowest BCUT2D eigenvalue weighted by atomic mass is 10.1. The van der Waals surface area contributed by atoms with Gasteiger partial charge < -0.3 is 4.74 Å². The van der Waals surface area contributed by atoms with Crippen molar-refractivity contribution in [3.63, 3.8) is 0 Å². The highest BCUT2D eigenvalue weighted by Crippen LogP contribution is 2.25. The predicted octanol–water partition coefficient (Wildman–Crippen LogP) is 5.18. The minimum Gasteiger partial charge on any atom is -0.487 e. The first-order valence-electron chi connectivity index (χ1n) is 9.28. The molecule has 0 fully saturated rings. The van der Waals surface area contributed by atoms with E-state index in [0.717, 1.165) is 11.1 Å². The van der Waals surface area contributed by atoms with Gasteiger partial charge in [-0.3, -0.25) is 10.1 Å². The second-order valence-electron chi connectivity index (χ2n) is 6.75. The smallest absolute Gasteiger partial charge is 0.268 e. The van der Waals surface area contributed by atoms with E-state index in [1.807, 2.05) is 42.6 Å². The maximum Gasteiger partial charge on any atom is 0.268 e. The van der Waals surface area contributed by atoms with Crippen LogP contribution in [0.5, 0.6) is 5.75 Å². The molecule has 4 aromatic rings. The number of aromatic nitrogens is 3. The van der Waals surface area contributed by atoms with Gasteiger partial charge in [0.25, 0.3) is 5.91 Å². The number of amides is 1. The number of anilines is 1. The lowest BCUT2D eigenvalue weighted by Gasteiger charge is -2.06. The Kier molecular flexibility index (Phi) is 6.11. The molecule has 0 saturated heterocycles. The summed E-state index contributed by atoms with van der Waals surface area (Å²) in [6.07, 6.45) is 1.61. The number of halogens is 1. The molecule has 6 nitrogen and oxygen atoms in total. The maximum absolute atomic E-state index is 12.5. The Hall–Kier alpha value is -3.16. The van der Waals surface area contributed by atoms with Gasteiger partial charge in [-0.1, -0.05) is 53.6 Å². The van der Waals surface area contributed by atoms with Crippen LogP contribution in [-0.4, -0.2) is 20.7 Å². The molecule has 2 aromatic heterocycles. The fourth-order valence-corrected chi connectivity index (χ4v) is 3.86. The SMILES string of the molecule is Cc1cccc(Cn2cnc(NC(=O)c3cc(COc4ccccc4Cl)cs3)n2)c1. The number of thiophene rings is 1. The standard InChI is InChI=1S/C22H19ClN4O2S/c1-15-5-4-6-16(9-15)11-27-14-24-22(26-27)25-21(28)20-10-17(13-30-20)12-29-19-8-3-2-7-18(19)23/h2-10,13-14H,11-12H2,1H3,(H,25,26,28). The van der Waals surface area contributed by atoms with Crippen LogP contribution in [0, 0.1) is 6.92 Å². The summed E-state index contributed by atoms with van der Waals surface area (Å²) in [5, 5.41) is 9.51. The van der Waals surface area contributed by atoms with E-state index < -0.39 is 0 Å². The summed E-state index contributed by atoms with van der Waals surface area (Å²) < 4.78 is 7.41. The van der Waals surface area contributed by atoms with Gasteiger partial charge in [0.15, 0.2) is 0 Å².